The summed E-state index contributed by atoms with van der Waals surface area (Å²) >= 11 is 0. The molecule has 0 spiro atoms. The van der Waals surface area contributed by atoms with E-state index in [1.54, 1.807) is 0 Å². The molecule has 0 amide bonds. The molecule has 1 atom stereocenters. The van der Waals surface area contributed by atoms with Gasteiger partial charge < -0.3 is 5.32 Å². The van der Waals surface area contributed by atoms with Crippen LogP contribution in [-0.2, 0) is 6.54 Å². The first-order valence-corrected chi connectivity index (χ1v) is 7.57. The van der Waals surface area contributed by atoms with E-state index in [4.69, 9.17) is 5.26 Å². The van der Waals surface area contributed by atoms with Crippen molar-refractivity contribution in [3.05, 3.63) is 83.7 Å². The molecule has 114 valence electrons. The number of nitrogens with one attached hydrogen (secondary N) is 1. The Kier molecular flexibility index (Phi) is 4.39. The Hall–Kier alpha value is -3.06. The number of hydrogen-bond donors (Lipinski definition) is 1. The highest BCUT2D eigenvalue weighted by atomic mass is 15.3. The lowest BCUT2D eigenvalue weighted by atomic mass is 10.1. The highest BCUT2D eigenvalue weighted by Gasteiger charge is 2.08. The van der Waals surface area contributed by atoms with Crippen molar-refractivity contribution in [2.75, 3.05) is 5.32 Å². The molecule has 1 unspecified atom stereocenters. The Morgan fingerprint density at radius 3 is 2.57 bits per heavy atom. The quantitative estimate of drug-likeness (QED) is 0.775. The molecule has 4 nitrogen and oxygen atoms in total. The second-order valence-corrected chi connectivity index (χ2v) is 5.51. The van der Waals surface area contributed by atoms with Gasteiger partial charge in [0.15, 0.2) is 0 Å². The molecule has 3 aromatic rings. The molecular weight excluding hydrogens is 284 g/mol. The SMILES string of the molecule is CC(Nc1ccc(C#N)cc1)c1cnn(Cc2ccccc2)c1. The third-order valence-corrected chi connectivity index (χ3v) is 3.74. The van der Waals surface area contributed by atoms with Gasteiger partial charge in [-0.05, 0) is 36.8 Å². The number of nitrogens with zero attached hydrogens (tertiary/aromatic N) is 3. The lowest BCUT2D eigenvalue weighted by Gasteiger charge is -2.13. The third-order valence-electron chi connectivity index (χ3n) is 3.74. The number of nitriles is 1. The molecule has 4 heteroatoms. The molecule has 23 heavy (non-hydrogen) atoms. The minimum atomic E-state index is 0.146. The second kappa shape index (κ2) is 6.80. The molecule has 3 rings (SSSR count). The van der Waals surface area contributed by atoms with Gasteiger partial charge in [-0.25, -0.2) is 0 Å². The molecule has 0 fully saturated rings. The van der Waals surface area contributed by atoms with Gasteiger partial charge in [-0.3, -0.25) is 4.68 Å². The minimum absolute atomic E-state index is 0.146. The smallest absolute Gasteiger partial charge is 0.0991 e. The predicted octanol–water partition coefficient (Wildman–Crippen LogP) is 3.98. The van der Waals surface area contributed by atoms with Crippen molar-refractivity contribution in [2.24, 2.45) is 0 Å². The number of benzene rings is 2. The van der Waals surface area contributed by atoms with Gasteiger partial charge >= 0.3 is 0 Å². The first kappa shape index (κ1) is 14.9. The average Bonchev–Trinajstić information content (AvgIpc) is 3.05. The van der Waals surface area contributed by atoms with Crippen LogP contribution in [-0.4, -0.2) is 9.78 Å². The van der Waals surface area contributed by atoms with E-state index in [9.17, 15) is 0 Å². The molecule has 0 saturated carbocycles. The first-order valence-electron chi connectivity index (χ1n) is 7.57. The Morgan fingerprint density at radius 2 is 1.87 bits per heavy atom. The molecule has 0 aliphatic carbocycles. The summed E-state index contributed by atoms with van der Waals surface area (Å²) in [6, 6.07) is 20.0. The summed E-state index contributed by atoms with van der Waals surface area (Å²) < 4.78 is 1.95. The maximum Gasteiger partial charge on any atom is 0.0991 e. The van der Waals surface area contributed by atoms with Crippen molar-refractivity contribution < 1.29 is 0 Å². The van der Waals surface area contributed by atoms with Crippen molar-refractivity contribution in [1.29, 1.82) is 5.26 Å². The molecule has 2 aromatic carbocycles. The summed E-state index contributed by atoms with van der Waals surface area (Å²) in [4.78, 5) is 0. The van der Waals surface area contributed by atoms with E-state index < -0.39 is 0 Å². The van der Waals surface area contributed by atoms with Crippen LogP contribution in [0.2, 0.25) is 0 Å². The standard InChI is InChI=1S/C19H18N4/c1-15(22-19-9-7-16(11-20)8-10-19)18-12-21-23(14-18)13-17-5-3-2-4-6-17/h2-10,12,14-15,22H,13H2,1H3. The largest absolute Gasteiger partial charge is 0.378 e. The summed E-state index contributed by atoms with van der Waals surface area (Å²) in [7, 11) is 0. The van der Waals surface area contributed by atoms with E-state index in [1.807, 2.05) is 53.3 Å². The zero-order valence-corrected chi connectivity index (χ0v) is 13.0. The van der Waals surface area contributed by atoms with Gasteiger partial charge in [0, 0.05) is 17.4 Å². The molecule has 1 aromatic heterocycles. The monoisotopic (exact) mass is 302 g/mol. The van der Waals surface area contributed by atoms with E-state index in [0.29, 0.717) is 5.56 Å². The van der Waals surface area contributed by atoms with Crippen LogP contribution in [0, 0.1) is 11.3 Å². The van der Waals surface area contributed by atoms with Crippen molar-refractivity contribution in [3.63, 3.8) is 0 Å². The van der Waals surface area contributed by atoms with E-state index in [0.717, 1.165) is 17.8 Å². The van der Waals surface area contributed by atoms with E-state index in [1.165, 1.54) is 5.56 Å². The van der Waals surface area contributed by atoms with E-state index in [2.05, 4.69) is 41.7 Å². The van der Waals surface area contributed by atoms with Gasteiger partial charge in [0.25, 0.3) is 0 Å². The van der Waals surface area contributed by atoms with Crippen molar-refractivity contribution >= 4 is 5.69 Å². The van der Waals surface area contributed by atoms with Crippen LogP contribution in [0.25, 0.3) is 0 Å². The van der Waals surface area contributed by atoms with Crippen LogP contribution in [0.5, 0.6) is 0 Å². The van der Waals surface area contributed by atoms with Crippen LogP contribution in [0.1, 0.15) is 29.7 Å². The lowest BCUT2D eigenvalue weighted by Crippen LogP contribution is -2.06. The van der Waals surface area contributed by atoms with Crippen molar-refractivity contribution in [1.82, 2.24) is 9.78 Å². The maximum atomic E-state index is 8.83. The second-order valence-electron chi connectivity index (χ2n) is 5.51. The fourth-order valence-electron chi connectivity index (χ4n) is 2.43. The topological polar surface area (TPSA) is 53.6 Å². The summed E-state index contributed by atoms with van der Waals surface area (Å²) in [5.74, 6) is 0. The average molecular weight is 302 g/mol. The predicted molar refractivity (Wildman–Crippen MR) is 91.0 cm³/mol. The molecule has 1 N–H and O–H groups in total. The maximum absolute atomic E-state index is 8.83. The van der Waals surface area contributed by atoms with Crippen LogP contribution >= 0.6 is 0 Å². The number of anilines is 1. The zero-order valence-electron chi connectivity index (χ0n) is 13.0. The highest BCUT2D eigenvalue weighted by Crippen LogP contribution is 2.19. The summed E-state index contributed by atoms with van der Waals surface area (Å²) in [5, 5.41) is 16.7. The molecular formula is C19H18N4. The number of aromatic nitrogens is 2. The van der Waals surface area contributed by atoms with Crippen LogP contribution in [0.3, 0.4) is 0 Å². The van der Waals surface area contributed by atoms with Gasteiger partial charge in [0.2, 0.25) is 0 Å². The highest BCUT2D eigenvalue weighted by molar-refractivity contribution is 5.48. The van der Waals surface area contributed by atoms with Gasteiger partial charge in [0.1, 0.15) is 0 Å². The van der Waals surface area contributed by atoms with Crippen molar-refractivity contribution in [2.45, 2.75) is 19.5 Å². The van der Waals surface area contributed by atoms with Crippen LogP contribution < -0.4 is 5.32 Å². The lowest BCUT2D eigenvalue weighted by molar-refractivity contribution is 0.685. The Labute approximate surface area is 136 Å². The minimum Gasteiger partial charge on any atom is -0.378 e. The van der Waals surface area contributed by atoms with E-state index in [-0.39, 0.29) is 6.04 Å². The van der Waals surface area contributed by atoms with Gasteiger partial charge in [-0.1, -0.05) is 30.3 Å². The van der Waals surface area contributed by atoms with Gasteiger partial charge in [0.05, 0.1) is 30.4 Å². The summed E-state index contributed by atoms with van der Waals surface area (Å²) in [6.07, 6.45) is 3.96. The third kappa shape index (κ3) is 3.78. The summed E-state index contributed by atoms with van der Waals surface area (Å²) in [5.41, 5.74) is 4.02. The fourth-order valence-corrected chi connectivity index (χ4v) is 2.43. The van der Waals surface area contributed by atoms with Crippen molar-refractivity contribution in [3.8, 4) is 6.07 Å². The number of rotatable bonds is 5. The van der Waals surface area contributed by atoms with Crippen LogP contribution in [0.15, 0.2) is 67.0 Å². The molecule has 0 radical (unpaired) electrons. The Bertz CT molecular complexity index is 797. The molecule has 0 aliphatic rings. The molecule has 0 saturated heterocycles. The number of hydrogen-bond acceptors (Lipinski definition) is 3. The first-order chi connectivity index (χ1) is 11.2. The molecule has 0 bridgehead atoms. The normalized spacial score (nSPS) is 11.7. The molecule has 1 heterocycles. The van der Waals surface area contributed by atoms with Crippen LogP contribution in [0.4, 0.5) is 5.69 Å². The molecule has 0 aliphatic heterocycles. The zero-order chi connectivity index (χ0) is 16.1. The fraction of sp³-hybridized carbons (Fsp3) is 0.158. The van der Waals surface area contributed by atoms with Gasteiger partial charge in [-0.15, -0.1) is 0 Å². The Balaban J connectivity index is 1.66. The van der Waals surface area contributed by atoms with Gasteiger partial charge in [-0.2, -0.15) is 10.4 Å². The summed E-state index contributed by atoms with van der Waals surface area (Å²) in [6.45, 7) is 2.87. The Morgan fingerprint density at radius 1 is 1.13 bits per heavy atom. The van der Waals surface area contributed by atoms with E-state index >= 15 is 0 Å².